The third kappa shape index (κ3) is 2.55. The zero-order valence-corrected chi connectivity index (χ0v) is 12.8. The van der Waals surface area contributed by atoms with Crippen molar-refractivity contribution in [2.45, 2.75) is 12.8 Å². The number of hydrogen-bond donors (Lipinski definition) is 2. The van der Waals surface area contributed by atoms with E-state index >= 15 is 0 Å². The molecule has 4 nitrogen and oxygen atoms in total. The second-order valence-electron chi connectivity index (χ2n) is 5.99. The first kappa shape index (κ1) is 13.6. The molecule has 1 fully saturated rings. The molecule has 1 aromatic heterocycles. The molecular weight excluding hydrogens is 272 g/mol. The molecule has 2 aliphatic heterocycles. The lowest BCUT2D eigenvalue weighted by Crippen LogP contribution is -2.44. The summed E-state index contributed by atoms with van der Waals surface area (Å²) in [5.41, 5.74) is 4.00. The minimum absolute atomic E-state index is 1.03. The van der Waals surface area contributed by atoms with Crippen LogP contribution in [-0.2, 0) is 6.42 Å². The van der Waals surface area contributed by atoms with E-state index in [1.807, 2.05) is 0 Å². The summed E-state index contributed by atoms with van der Waals surface area (Å²) in [7, 11) is 0. The molecule has 1 aromatic carbocycles. The second kappa shape index (κ2) is 5.97. The van der Waals surface area contributed by atoms with Crippen molar-refractivity contribution in [2.75, 3.05) is 42.9 Å². The van der Waals surface area contributed by atoms with Gasteiger partial charge in [-0.2, -0.15) is 0 Å². The number of benzene rings is 1. The normalized spacial score (nSPS) is 17.7. The van der Waals surface area contributed by atoms with E-state index in [9.17, 15) is 0 Å². The van der Waals surface area contributed by atoms with Gasteiger partial charge in [0.05, 0.1) is 0 Å². The first-order valence-corrected chi connectivity index (χ1v) is 8.21. The van der Waals surface area contributed by atoms with Crippen LogP contribution in [-0.4, -0.2) is 37.7 Å². The average Bonchev–Trinajstić information content (AvgIpc) is 2.62. The number of pyridine rings is 1. The summed E-state index contributed by atoms with van der Waals surface area (Å²) >= 11 is 0. The highest BCUT2D eigenvalue weighted by Gasteiger charge is 2.20. The quantitative estimate of drug-likeness (QED) is 0.893. The van der Waals surface area contributed by atoms with Gasteiger partial charge < -0.3 is 15.5 Å². The van der Waals surface area contributed by atoms with Crippen molar-refractivity contribution in [2.24, 2.45) is 0 Å². The van der Waals surface area contributed by atoms with Crippen molar-refractivity contribution in [3.8, 4) is 11.1 Å². The molecule has 22 heavy (non-hydrogen) atoms. The fourth-order valence-electron chi connectivity index (χ4n) is 3.36. The smallest absolute Gasteiger partial charge is 0.132 e. The molecule has 4 heteroatoms. The lowest BCUT2D eigenvalue weighted by atomic mass is 9.95. The molecule has 0 aliphatic carbocycles. The van der Waals surface area contributed by atoms with Gasteiger partial charge in [-0.25, -0.2) is 4.98 Å². The Kier molecular flexibility index (Phi) is 3.69. The Hall–Kier alpha value is -2.07. The third-order valence-electron chi connectivity index (χ3n) is 4.53. The molecule has 2 aliphatic rings. The number of nitrogens with zero attached hydrogens (tertiary/aromatic N) is 2. The van der Waals surface area contributed by atoms with Gasteiger partial charge in [-0.05, 0) is 30.0 Å². The van der Waals surface area contributed by atoms with Crippen LogP contribution in [0.25, 0.3) is 11.1 Å². The number of aromatic nitrogens is 1. The van der Waals surface area contributed by atoms with E-state index in [1.54, 1.807) is 0 Å². The van der Waals surface area contributed by atoms with Crippen LogP contribution in [0.4, 0.5) is 11.6 Å². The topological polar surface area (TPSA) is 40.2 Å². The SMILES string of the molecule is c1ccc(-c2cc(N3CCNCC3)nc3c2CCCN3)cc1. The van der Waals surface area contributed by atoms with Crippen molar-refractivity contribution in [3.63, 3.8) is 0 Å². The molecular formula is C18H22N4. The lowest BCUT2D eigenvalue weighted by Gasteiger charge is -2.30. The first-order valence-electron chi connectivity index (χ1n) is 8.21. The summed E-state index contributed by atoms with van der Waals surface area (Å²) in [6, 6.07) is 13.0. The van der Waals surface area contributed by atoms with Crippen molar-refractivity contribution >= 4 is 11.6 Å². The Labute approximate surface area is 131 Å². The van der Waals surface area contributed by atoms with Crippen LogP contribution < -0.4 is 15.5 Å². The van der Waals surface area contributed by atoms with Crippen LogP contribution in [0.2, 0.25) is 0 Å². The predicted molar refractivity (Wildman–Crippen MR) is 91.6 cm³/mol. The molecule has 114 valence electrons. The molecule has 0 radical (unpaired) electrons. The maximum atomic E-state index is 4.91. The van der Waals surface area contributed by atoms with Crippen molar-refractivity contribution < 1.29 is 0 Å². The Balaban J connectivity index is 1.81. The van der Waals surface area contributed by atoms with Gasteiger partial charge in [-0.3, -0.25) is 0 Å². The van der Waals surface area contributed by atoms with Crippen LogP contribution >= 0.6 is 0 Å². The molecule has 2 aromatic rings. The Morgan fingerprint density at radius 3 is 2.64 bits per heavy atom. The van der Waals surface area contributed by atoms with Crippen LogP contribution in [0.1, 0.15) is 12.0 Å². The highest BCUT2D eigenvalue weighted by atomic mass is 15.2. The molecule has 0 atom stereocenters. The van der Waals surface area contributed by atoms with E-state index in [1.165, 1.54) is 23.1 Å². The Morgan fingerprint density at radius 1 is 1.00 bits per heavy atom. The monoisotopic (exact) mass is 294 g/mol. The number of rotatable bonds is 2. The summed E-state index contributed by atoms with van der Waals surface area (Å²) in [5.74, 6) is 2.19. The van der Waals surface area contributed by atoms with Crippen molar-refractivity contribution in [1.82, 2.24) is 10.3 Å². The Morgan fingerprint density at radius 2 is 1.82 bits per heavy atom. The van der Waals surface area contributed by atoms with E-state index in [0.717, 1.165) is 50.8 Å². The van der Waals surface area contributed by atoms with E-state index < -0.39 is 0 Å². The molecule has 0 spiro atoms. The maximum absolute atomic E-state index is 4.91. The minimum atomic E-state index is 1.03. The molecule has 3 heterocycles. The fraction of sp³-hybridized carbons (Fsp3) is 0.389. The van der Waals surface area contributed by atoms with Gasteiger partial charge in [0.25, 0.3) is 0 Å². The van der Waals surface area contributed by atoms with Crippen molar-refractivity contribution in [3.05, 3.63) is 42.0 Å². The number of fused-ring (bicyclic) bond motifs is 1. The zero-order valence-electron chi connectivity index (χ0n) is 12.8. The average molecular weight is 294 g/mol. The zero-order chi connectivity index (χ0) is 14.8. The van der Waals surface area contributed by atoms with Gasteiger partial charge in [-0.15, -0.1) is 0 Å². The van der Waals surface area contributed by atoms with Crippen LogP contribution in [0.5, 0.6) is 0 Å². The highest BCUT2D eigenvalue weighted by molar-refractivity contribution is 5.76. The molecule has 2 N–H and O–H groups in total. The molecule has 0 amide bonds. The largest absolute Gasteiger partial charge is 0.370 e. The molecule has 0 saturated carbocycles. The summed E-state index contributed by atoms with van der Waals surface area (Å²) in [5, 5.41) is 6.91. The van der Waals surface area contributed by atoms with Gasteiger partial charge >= 0.3 is 0 Å². The van der Waals surface area contributed by atoms with E-state index in [-0.39, 0.29) is 0 Å². The van der Waals surface area contributed by atoms with E-state index in [2.05, 4.69) is 51.9 Å². The molecule has 4 rings (SSSR count). The fourth-order valence-corrected chi connectivity index (χ4v) is 3.36. The standard InChI is InChI=1S/C18H22N4/c1-2-5-14(6-3-1)16-13-17(22-11-9-19-10-12-22)21-18-15(16)7-4-8-20-18/h1-3,5-6,13,19H,4,7-12H2,(H,20,21). The third-order valence-corrected chi connectivity index (χ3v) is 4.53. The highest BCUT2D eigenvalue weighted by Crippen LogP contribution is 2.34. The van der Waals surface area contributed by atoms with E-state index in [0.29, 0.717) is 0 Å². The van der Waals surface area contributed by atoms with Gasteiger partial charge in [0.1, 0.15) is 11.6 Å². The first-order chi connectivity index (χ1) is 10.9. The second-order valence-corrected chi connectivity index (χ2v) is 5.99. The number of hydrogen-bond acceptors (Lipinski definition) is 4. The molecule has 0 unspecified atom stereocenters. The summed E-state index contributed by atoms with van der Waals surface area (Å²) in [4.78, 5) is 7.30. The molecule has 1 saturated heterocycles. The number of anilines is 2. The van der Waals surface area contributed by atoms with E-state index in [4.69, 9.17) is 4.98 Å². The summed E-state index contributed by atoms with van der Waals surface area (Å²) < 4.78 is 0. The van der Waals surface area contributed by atoms with Crippen molar-refractivity contribution in [1.29, 1.82) is 0 Å². The van der Waals surface area contributed by atoms with Crippen LogP contribution in [0.15, 0.2) is 36.4 Å². The summed E-state index contributed by atoms with van der Waals surface area (Å²) in [6.07, 6.45) is 2.29. The van der Waals surface area contributed by atoms with Crippen LogP contribution in [0.3, 0.4) is 0 Å². The van der Waals surface area contributed by atoms with Gasteiger partial charge in [0, 0.05) is 38.3 Å². The van der Waals surface area contributed by atoms with Gasteiger partial charge in [-0.1, -0.05) is 30.3 Å². The van der Waals surface area contributed by atoms with Gasteiger partial charge in [0.15, 0.2) is 0 Å². The summed E-state index contributed by atoms with van der Waals surface area (Å²) in [6.45, 7) is 5.15. The Bertz CT molecular complexity index is 648. The molecule has 0 bridgehead atoms. The van der Waals surface area contributed by atoms with Crippen LogP contribution in [0, 0.1) is 0 Å². The lowest BCUT2D eigenvalue weighted by molar-refractivity contribution is 0.585. The van der Waals surface area contributed by atoms with Gasteiger partial charge in [0.2, 0.25) is 0 Å². The minimum Gasteiger partial charge on any atom is -0.370 e. The maximum Gasteiger partial charge on any atom is 0.132 e. The number of piperazine rings is 1. The number of nitrogens with one attached hydrogen (secondary N) is 2. The predicted octanol–water partition coefficient (Wildman–Crippen LogP) is 2.52.